The van der Waals surface area contributed by atoms with Gasteiger partial charge in [-0.2, -0.15) is 0 Å². The third kappa shape index (κ3) is 4.38. The molecule has 0 saturated carbocycles. The van der Waals surface area contributed by atoms with Crippen molar-refractivity contribution in [1.29, 1.82) is 0 Å². The minimum atomic E-state index is -0.0884. The van der Waals surface area contributed by atoms with Crippen LogP contribution in [0.2, 0.25) is 5.02 Å². The van der Waals surface area contributed by atoms with E-state index in [1.807, 2.05) is 12.1 Å². The highest BCUT2D eigenvalue weighted by Crippen LogP contribution is 2.18. The molecule has 2 aromatic carbocycles. The molecule has 0 radical (unpaired) electrons. The van der Waals surface area contributed by atoms with Crippen molar-refractivity contribution in [3.63, 3.8) is 0 Å². The quantitative estimate of drug-likeness (QED) is 0.437. The van der Waals surface area contributed by atoms with Crippen LogP contribution in [0.5, 0.6) is 0 Å². The summed E-state index contributed by atoms with van der Waals surface area (Å²) in [6.07, 6.45) is 4.30. The van der Waals surface area contributed by atoms with Crippen LogP contribution < -0.4 is 0 Å². The van der Waals surface area contributed by atoms with E-state index < -0.39 is 0 Å². The Labute approximate surface area is 136 Å². The summed E-state index contributed by atoms with van der Waals surface area (Å²) in [6.45, 7) is 0. The van der Waals surface area contributed by atoms with Crippen molar-refractivity contribution < 1.29 is 9.59 Å². The zero-order valence-electron chi connectivity index (χ0n) is 11.1. The minimum absolute atomic E-state index is 0.0884. The zero-order chi connectivity index (χ0) is 15.2. The van der Waals surface area contributed by atoms with Gasteiger partial charge in [0.2, 0.25) is 0 Å². The molecular formula is C17H12BrClO2. The number of ketones is 1. The number of hydrogen-bond acceptors (Lipinski definition) is 2. The van der Waals surface area contributed by atoms with Gasteiger partial charge in [0.15, 0.2) is 5.78 Å². The molecule has 0 heterocycles. The van der Waals surface area contributed by atoms with Crippen LogP contribution in [0.3, 0.4) is 0 Å². The van der Waals surface area contributed by atoms with Crippen molar-refractivity contribution in [1.82, 2.24) is 0 Å². The van der Waals surface area contributed by atoms with Gasteiger partial charge in [-0.1, -0.05) is 39.7 Å². The lowest BCUT2D eigenvalue weighted by molar-refractivity contribution is -0.107. The van der Waals surface area contributed by atoms with Crippen molar-refractivity contribution in [2.45, 2.75) is 6.42 Å². The Morgan fingerprint density at radius 2 is 1.86 bits per heavy atom. The van der Waals surface area contributed by atoms with Crippen molar-refractivity contribution >= 4 is 45.7 Å². The van der Waals surface area contributed by atoms with Crippen molar-refractivity contribution in [2.24, 2.45) is 0 Å². The molecule has 0 aliphatic heterocycles. The normalized spacial score (nSPS) is 10.8. The molecule has 0 aromatic heterocycles. The first-order valence-corrected chi connectivity index (χ1v) is 7.47. The van der Waals surface area contributed by atoms with E-state index in [0.717, 1.165) is 21.9 Å². The highest BCUT2D eigenvalue weighted by atomic mass is 79.9. The Kier molecular flexibility index (Phi) is 5.48. The highest BCUT2D eigenvalue weighted by Gasteiger charge is 2.04. The second-order valence-electron chi connectivity index (χ2n) is 4.42. The molecule has 2 nitrogen and oxygen atoms in total. The SMILES string of the molecule is O=CCc1cc(Cl)ccc1/C=C/C(=O)c1ccc(Br)cc1. The molecule has 0 aliphatic rings. The van der Waals surface area contributed by atoms with E-state index in [1.54, 1.807) is 36.4 Å². The molecule has 0 unspecified atom stereocenters. The van der Waals surface area contributed by atoms with E-state index in [1.165, 1.54) is 6.08 Å². The molecule has 106 valence electrons. The maximum Gasteiger partial charge on any atom is 0.185 e. The van der Waals surface area contributed by atoms with E-state index in [2.05, 4.69) is 15.9 Å². The molecule has 0 saturated heterocycles. The van der Waals surface area contributed by atoms with Crippen molar-refractivity contribution in [2.75, 3.05) is 0 Å². The highest BCUT2D eigenvalue weighted by molar-refractivity contribution is 9.10. The number of allylic oxidation sites excluding steroid dienone is 1. The van der Waals surface area contributed by atoms with Gasteiger partial charge in [0.25, 0.3) is 0 Å². The van der Waals surface area contributed by atoms with E-state index in [0.29, 0.717) is 10.6 Å². The number of halogens is 2. The predicted molar refractivity (Wildman–Crippen MR) is 88.7 cm³/mol. The number of carbonyl (C=O) groups excluding carboxylic acids is 2. The summed E-state index contributed by atoms with van der Waals surface area (Å²) in [5.74, 6) is -0.0884. The third-order valence-electron chi connectivity index (χ3n) is 2.95. The van der Waals surface area contributed by atoms with Gasteiger partial charge < -0.3 is 4.79 Å². The van der Waals surface area contributed by atoms with E-state index in [9.17, 15) is 9.59 Å². The lowest BCUT2D eigenvalue weighted by atomic mass is 10.0. The number of aldehydes is 1. The molecule has 21 heavy (non-hydrogen) atoms. The molecule has 0 amide bonds. The first-order chi connectivity index (χ1) is 10.1. The van der Waals surface area contributed by atoms with Gasteiger partial charge in [0.05, 0.1) is 0 Å². The zero-order valence-corrected chi connectivity index (χ0v) is 13.4. The molecule has 0 fully saturated rings. The molecule has 2 aromatic rings. The summed E-state index contributed by atoms with van der Waals surface area (Å²) in [5, 5.41) is 0.572. The van der Waals surface area contributed by atoms with Gasteiger partial charge in [0.1, 0.15) is 6.29 Å². The first-order valence-electron chi connectivity index (χ1n) is 6.30. The van der Waals surface area contributed by atoms with Crippen LogP contribution in [0.25, 0.3) is 6.08 Å². The molecule has 0 aliphatic carbocycles. The van der Waals surface area contributed by atoms with E-state index >= 15 is 0 Å². The molecule has 4 heteroatoms. The van der Waals surface area contributed by atoms with Crippen LogP contribution in [0.15, 0.2) is 53.0 Å². The van der Waals surface area contributed by atoms with Gasteiger partial charge in [-0.15, -0.1) is 0 Å². The Bertz CT molecular complexity index is 690. The second kappa shape index (κ2) is 7.34. The van der Waals surface area contributed by atoms with Crippen LogP contribution in [-0.2, 0) is 11.2 Å². The van der Waals surface area contributed by atoms with Crippen LogP contribution in [-0.4, -0.2) is 12.1 Å². The fraction of sp³-hybridized carbons (Fsp3) is 0.0588. The Morgan fingerprint density at radius 1 is 1.14 bits per heavy atom. The predicted octanol–water partition coefficient (Wildman–Crippen LogP) is 4.74. The molecule has 2 rings (SSSR count). The fourth-order valence-electron chi connectivity index (χ4n) is 1.88. The third-order valence-corrected chi connectivity index (χ3v) is 3.72. The number of benzene rings is 2. The lowest BCUT2D eigenvalue weighted by Crippen LogP contribution is -1.95. The van der Waals surface area contributed by atoms with Crippen LogP contribution in [0, 0.1) is 0 Å². The number of carbonyl (C=O) groups is 2. The van der Waals surface area contributed by atoms with Crippen LogP contribution >= 0.6 is 27.5 Å². The van der Waals surface area contributed by atoms with Crippen molar-refractivity contribution in [3.8, 4) is 0 Å². The Morgan fingerprint density at radius 3 is 2.52 bits per heavy atom. The monoisotopic (exact) mass is 362 g/mol. The smallest absolute Gasteiger partial charge is 0.185 e. The molecule has 0 N–H and O–H groups in total. The second-order valence-corrected chi connectivity index (χ2v) is 5.77. The van der Waals surface area contributed by atoms with Crippen LogP contribution in [0.1, 0.15) is 21.5 Å². The largest absolute Gasteiger partial charge is 0.303 e. The number of rotatable bonds is 5. The first kappa shape index (κ1) is 15.7. The topological polar surface area (TPSA) is 34.1 Å². The Hall–Kier alpha value is -1.71. The molecule has 0 bridgehead atoms. The fourth-order valence-corrected chi connectivity index (χ4v) is 2.34. The maximum absolute atomic E-state index is 12.1. The number of hydrogen-bond donors (Lipinski definition) is 0. The molecular weight excluding hydrogens is 352 g/mol. The molecule has 0 atom stereocenters. The van der Waals surface area contributed by atoms with Crippen molar-refractivity contribution in [3.05, 3.63) is 74.7 Å². The summed E-state index contributed by atoms with van der Waals surface area (Å²) in [5.41, 5.74) is 2.23. The van der Waals surface area contributed by atoms with Gasteiger partial charge in [-0.3, -0.25) is 4.79 Å². The van der Waals surface area contributed by atoms with E-state index in [4.69, 9.17) is 11.6 Å². The van der Waals surface area contributed by atoms with Gasteiger partial charge in [-0.05, 0) is 53.6 Å². The summed E-state index contributed by atoms with van der Waals surface area (Å²) in [7, 11) is 0. The van der Waals surface area contributed by atoms with Gasteiger partial charge >= 0.3 is 0 Å². The Balaban J connectivity index is 2.22. The van der Waals surface area contributed by atoms with Crippen LogP contribution in [0.4, 0.5) is 0 Å². The summed E-state index contributed by atoms with van der Waals surface area (Å²) >= 11 is 9.24. The van der Waals surface area contributed by atoms with E-state index in [-0.39, 0.29) is 12.2 Å². The summed E-state index contributed by atoms with van der Waals surface area (Å²) < 4.78 is 0.925. The summed E-state index contributed by atoms with van der Waals surface area (Å²) in [6, 6.07) is 12.4. The maximum atomic E-state index is 12.1. The minimum Gasteiger partial charge on any atom is -0.303 e. The summed E-state index contributed by atoms with van der Waals surface area (Å²) in [4.78, 5) is 22.8. The average Bonchev–Trinajstić information content (AvgIpc) is 2.47. The average molecular weight is 364 g/mol. The van der Waals surface area contributed by atoms with Gasteiger partial charge in [-0.25, -0.2) is 0 Å². The van der Waals surface area contributed by atoms with Gasteiger partial charge in [0, 0.05) is 21.5 Å². The lowest BCUT2D eigenvalue weighted by Gasteiger charge is -2.03. The molecule has 0 spiro atoms. The standard InChI is InChI=1S/C17H12BrClO2/c18-15-5-1-13(2-6-15)17(21)8-4-12-3-7-16(19)11-14(12)9-10-20/h1-8,10-11H,9H2/b8-4+.